The molecule has 4 aromatic rings. The van der Waals surface area contributed by atoms with E-state index in [1.165, 1.54) is 5.56 Å². The molecule has 3 heterocycles. The van der Waals surface area contributed by atoms with Crippen molar-refractivity contribution in [3.05, 3.63) is 84.2 Å². The second kappa shape index (κ2) is 7.31. The fourth-order valence-electron chi connectivity index (χ4n) is 3.65. The van der Waals surface area contributed by atoms with Crippen molar-refractivity contribution >= 4 is 34.3 Å². The van der Waals surface area contributed by atoms with Gasteiger partial charge in [-0.15, -0.1) is 0 Å². The highest BCUT2D eigenvalue weighted by molar-refractivity contribution is 5.96. The third-order valence-corrected chi connectivity index (χ3v) is 5.10. The monoisotopic (exact) mass is 381 g/mol. The normalized spacial score (nSPS) is 12.8. The van der Waals surface area contributed by atoms with Gasteiger partial charge in [0.1, 0.15) is 11.3 Å². The van der Waals surface area contributed by atoms with Gasteiger partial charge in [-0.05, 0) is 47.9 Å². The number of nitrogens with one attached hydrogen (secondary N) is 1. The number of benzene rings is 2. The van der Waals surface area contributed by atoms with Gasteiger partial charge in [0.2, 0.25) is 5.91 Å². The molecule has 142 valence electrons. The Morgan fingerprint density at radius 1 is 0.966 bits per heavy atom. The first-order chi connectivity index (χ1) is 14.3. The standard InChI is InChI=1S/C23H19N5O/c29-22(28-14-11-17-3-1-2-4-20(17)28)15-16-5-7-18(8-6-16)26-21-10-9-19-23(27-21)25-13-12-24-19/h1-10,12-13H,11,14-15H2,(H,25,26,27). The van der Waals surface area contributed by atoms with Gasteiger partial charge in [-0.3, -0.25) is 9.78 Å². The molecule has 1 aliphatic heterocycles. The number of carbonyl (C=O) groups is 1. The third kappa shape index (κ3) is 3.52. The lowest BCUT2D eigenvalue weighted by Crippen LogP contribution is -2.30. The predicted octanol–water partition coefficient (Wildman–Crippen LogP) is 3.90. The van der Waals surface area contributed by atoms with Crippen LogP contribution in [0.25, 0.3) is 11.2 Å². The van der Waals surface area contributed by atoms with Gasteiger partial charge in [0.25, 0.3) is 0 Å². The van der Waals surface area contributed by atoms with Gasteiger partial charge in [-0.1, -0.05) is 30.3 Å². The Bertz CT molecular complexity index is 1190. The predicted molar refractivity (Wildman–Crippen MR) is 113 cm³/mol. The molecule has 6 nitrogen and oxygen atoms in total. The molecule has 6 heteroatoms. The van der Waals surface area contributed by atoms with E-state index < -0.39 is 0 Å². The van der Waals surface area contributed by atoms with Gasteiger partial charge < -0.3 is 10.2 Å². The lowest BCUT2D eigenvalue weighted by molar-refractivity contribution is -0.117. The number of pyridine rings is 1. The molecule has 0 fully saturated rings. The Balaban J connectivity index is 1.27. The van der Waals surface area contributed by atoms with Crippen LogP contribution in [0.5, 0.6) is 0 Å². The molecule has 0 bridgehead atoms. The van der Waals surface area contributed by atoms with E-state index in [-0.39, 0.29) is 5.91 Å². The summed E-state index contributed by atoms with van der Waals surface area (Å²) >= 11 is 0. The van der Waals surface area contributed by atoms with E-state index in [1.54, 1.807) is 12.4 Å². The molecule has 0 aliphatic carbocycles. The second-order valence-electron chi connectivity index (χ2n) is 7.02. The Morgan fingerprint density at radius 3 is 2.69 bits per heavy atom. The van der Waals surface area contributed by atoms with Crippen molar-refractivity contribution in [1.82, 2.24) is 15.0 Å². The zero-order valence-corrected chi connectivity index (χ0v) is 15.7. The van der Waals surface area contributed by atoms with Crippen molar-refractivity contribution in [1.29, 1.82) is 0 Å². The van der Waals surface area contributed by atoms with Crippen molar-refractivity contribution in [3.63, 3.8) is 0 Å². The van der Waals surface area contributed by atoms with Crippen LogP contribution in [0.3, 0.4) is 0 Å². The second-order valence-corrected chi connectivity index (χ2v) is 7.02. The molecule has 2 aromatic heterocycles. The molecule has 0 saturated heterocycles. The average Bonchev–Trinajstić information content (AvgIpc) is 3.19. The lowest BCUT2D eigenvalue weighted by atomic mass is 10.1. The van der Waals surface area contributed by atoms with E-state index >= 15 is 0 Å². The van der Waals surface area contributed by atoms with Crippen LogP contribution in [0.4, 0.5) is 17.2 Å². The number of carbonyl (C=O) groups excluding carboxylic acids is 1. The summed E-state index contributed by atoms with van der Waals surface area (Å²) in [5, 5.41) is 3.27. The molecule has 0 radical (unpaired) electrons. The van der Waals surface area contributed by atoms with Gasteiger partial charge in [0.05, 0.1) is 6.42 Å². The number of hydrogen-bond acceptors (Lipinski definition) is 5. The summed E-state index contributed by atoms with van der Waals surface area (Å²) in [5.74, 6) is 0.834. The molecule has 0 unspecified atom stereocenters. The SMILES string of the molecule is O=C(Cc1ccc(Nc2ccc3nccnc3n2)cc1)N1CCc2ccccc21. The van der Waals surface area contributed by atoms with Gasteiger partial charge in [0, 0.05) is 30.3 Å². The molecule has 1 aliphatic rings. The van der Waals surface area contributed by atoms with Crippen LogP contribution in [0.15, 0.2) is 73.1 Å². The summed E-state index contributed by atoms with van der Waals surface area (Å²) in [6.07, 6.45) is 4.59. The van der Waals surface area contributed by atoms with Crippen molar-refractivity contribution in [2.24, 2.45) is 0 Å². The number of amides is 1. The zero-order valence-electron chi connectivity index (χ0n) is 15.7. The van der Waals surface area contributed by atoms with Crippen molar-refractivity contribution in [2.75, 3.05) is 16.8 Å². The van der Waals surface area contributed by atoms with Gasteiger partial charge in [0.15, 0.2) is 5.65 Å². The van der Waals surface area contributed by atoms with Crippen molar-refractivity contribution in [3.8, 4) is 0 Å². The van der Waals surface area contributed by atoms with E-state index in [0.717, 1.165) is 35.4 Å². The molecule has 1 amide bonds. The lowest BCUT2D eigenvalue weighted by Gasteiger charge is -2.17. The molecule has 0 atom stereocenters. The van der Waals surface area contributed by atoms with Gasteiger partial charge in [-0.2, -0.15) is 0 Å². The number of anilines is 3. The van der Waals surface area contributed by atoms with E-state index in [1.807, 2.05) is 59.5 Å². The number of nitrogens with zero attached hydrogens (tertiary/aromatic N) is 4. The fraction of sp³-hybridized carbons (Fsp3) is 0.130. The van der Waals surface area contributed by atoms with Crippen LogP contribution in [-0.4, -0.2) is 27.4 Å². The van der Waals surface area contributed by atoms with Crippen LogP contribution >= 0.6 is 0 Å². The van der Waals surface area contributed by atoms with E-state index in [2.05, 4.69) is 26.3 Å². The molecule has 0 saturated carbocycles. The molecule has 5 rings (SSSR count). The highest BCUT2D eigenvalue weighted by Crippen LogP contribution is 2.28. The van der Waals surface area contributed by atoms with Gasteiger partial charge in [-0.25, -0.2) is 9.97 Å². The van der Waals surface area contributed by atoms with Crippen LogP contribution in [0.1, 0.15) is 11.1 Å². The number of rotatable bonds is 4. The Labute approximate surface area is 168 Å². The maximum absolute atomic E-state index is 12.8. The van der Waals surface area contributed by atoms with Crippen molar-refractivity contribution in [2.45, 2.75) is 12.8 Å². The van der Waals surface area contributed by atoms with Crippen molar-refractivity contribution < 1.29 is 4.79 Å². The largest absolute Gasteiger partial charge is 0.340 e. The Morgan fingerprint density at radius 2 is 1.79 bits per heavy atom. The molecule has 1 N–H and O–H groups in total. The minimum absolute atomic E-state index is 0.130. The van der Waals surface area contributed by atoms with E-state index in [9.17, 15) is 4.79 Å². The van der Waals surface area contributed by atoms with Crippen LogP contribution in [0.2, 0.25) is 0 Å². The first-order valence-electron chi connectivity index (χ1n) is 9.58. The number of para-hydroxylation sites is 1. The van der Waals surface area contributed by atoms with E-state index in [0.29, 0.717) is 17.9 Å². The number of aromatic nitrogens is 3. The van der Waals surface area contributed by atoms with Gasteiger partial charge >= 0.3 is 0 Å². The highest BCUT2D eigenvalue weighted by atomic mass is 16.2. The summed E-state index contributed by atoms with van der Waals surface area (Å²) < 4.78 is 0. The Hall–Kier alpha value is -3.80. The molecule has 0 spiro atoms. The number of fused-ring (bicyclic) bond motifs is 2. The fourth-order valence-corrected chi connectivity index (χ4v) is 3.65. The maximum Gasteiger partial charge on any atom is 0.231 e. The van der Waals surface area contributed by atoms with E-state index in [4.69, 9.17) is 0 Å². The highest BCUT2D eigenvalue weighted by Gasteiger charge is 2.23. The summed E-state index contributed by atoms with van der Waals surface area (Å²) in [5.41, 5.74) is 5.54. The minimum atomic E-state index is 0.130. The summed E-state index contributed by atoms with van der Waals surface area (Å²) in [7, 11) is 0. The average molecular weight is 381 g/mol. The maximum atomic E-state index is 12.8. The quantitative estimate of drug-likeness (QED) is 0.580. The third-order valence-electron chi connectivity index (χ3n) is 5.10. The topological polar surface area (TPSA) is 71.0 Å². The summed E-state index contributed by atoms with van der Waals surface area (Å²) in [4.78, 5) is 27.6. The summed E-state index contributed by atoms with van der Waals surface area (Å²) in [6, 6.07) is 19.8. The van der Waals surface area contributed by atoms with Crippen LogP contribution in [-0.2, 0) is 17.6 Å². The van der Waals surface area contributed by atoms with Crippen LogP contribution < -0.4 is 10.2 Å². The zero-order chi connectivity index (χ0) is 19.6. The first kappa shape index (κ1) is 17.3. The Kier molecular flexibility index (Phi) is 4.37. The smallest absolute Gasteiger partial charge is 0.231 e. The minimum Gasteiger partial charge on any atom is -0.340 e. The molecule has 29 heavy (non-hydrogen) atoms. The number of hydrogen-bond donors (Lipinski definition) is 1. The first-order valence-corrected chi connectivity index (χ1v) is 9.58. The molecular weight excluding hydrogens is 362 g/mol. The summed E-state index contributed by atoms with van der Waals surface area (Å²) in [6.45, 7) is 0.758. The molecule has 2 aromatic carbocycles. The van der Waals surface area contributed by atoms with Crippen LogP contribution in [0, 0.1) is 0 Å². The molecular formula is C23H19N5O.